The lowest BCUT2D eigenvalue weighted by Gasteiger charge is -2.15. The fraction of sp³-hybridized carbons (Fsp3) is 0.278. The van der Waals surface area contributed by atoms with Gasteiger partial charge in [-0.15, -0.1) is 6.58 Å². The average Bonchev–Trinajstić information content (AvgIpc) is 2.51. The summed E-state index contributed by atoms with van der Waals surface area (Å²) in [7, 11) is 1.66. The molecule has 0 bridgehead atoms. The monoisotopic (exact) mass is 283 g/mol. The van der Waals surface area contributed by atoms with Gasteiger partial charge in [-0.25, -0.2) is 0 Å². The molecule has 0 spiro atoms. The first-order chi connectivity index (χ1) is 10.1. The van der Waals surface area contributed by atoms with Crippen molar-refractivity contribution < 1.29 is 9.53 Å². The molecule has 0 heterocycles. The third-order valence-electron chi connectivity index (χ3n) is 3.52. The topological polar surface area (TPSA) is 38.3 Å². The Kier molecular flexibility index (Phi) is 4.99. The lowest BCUT2D eigenvalue weighted by atomic mass is 10.0. The van der Waals surface area contributed by atoms with Crippen LogP contribution in [0.1, 0.15) is 31.4 Å². The molecule has 3 nitrogen and oxygen atoms in total. The third kappa shape index (κ3) is 3.85. The highest BCUT2D eigenvalue weighted by atomic mass is 16.5. The molecule has 0 unspecified atom stereocenters. The predicted octanol–water partition coefficient (Wildman–Crippen LogP) is 3.99. The molecule has 0 fully saturated rings. The SMILES string of the molecule is C=CCCC(=O)N[C@@H](C)c1ccc2cc(OC)ccc2c1. The van der Waals surface area contributed by atoms with Crippen molar-refractivity contribution in [3.05, 3.63) is 54.6 Å². The number of benzene rings is 2. The van der Waals surface area contributed by atoms with E-state index in [2.05, 4.69) is 24.0 Å². The predicted molar refractivity (Wildman–Crippen MR) is 86.5 cm³/mol. The molecule has 0 radical (unpaired) electrons. The van der Waals surface area contributed by atoms with Crippen LogP contribution in [0.2, 0.25) is 0 Å². The van der Waals surface area contributed by atoms with E-state index < -0.39 is 0 Å². The maximum Gasteiger partial charge on any atom is 0.220 e. The van der Waals surface area contributed by atoms with E-state index >= 15 is 0 Å². The lowest BCUT2D eigenvalue weighted by molar-refractivity contribution is -0.121. The van der Waals surface area contributed by atoms with Gasteiger partial charge in [-0.1, -0.05) is 24.3 Å². The van der Waals surface area contributed by atoms with Crippen LogP contribution in [0.15, 0.2) is 49.1 Å². The van der Waals surface area contributed by atoms with Crippen molar-refractivity contribution in [2.45, 2.75) is 25.8 Å². The van der Waals surface area contributed by atoms with Crippen molar-refractivity contribution in [1.82, 2.24) is 5.32 Å². The fourth-order valence-corrected chi connectivity index (χ4v) is 2.27. The first kappa shape index (κ1) is 15.1. The minimum atomic E-state index is -0.00573. The van der Waals surface area contributed by atoms with Crippen molar-refractivity contribution in [1.29, 1.82) is 0 Å². The van der Waals surface area contributed by atoms with Crippen LogP contribution in [0.5, 0.6) is 5.75 Å². The van der Waals surface area contributed by atoms with E-state index in [1.165, 1.54) is 0 Å². The average molecular weight is 283 g/mol. The zero-order valence-corrected chi connectivity index (χ0v) is 12.6. The Morgan fingerprint density at radius 1 is 1.29 bits per heavy atom. The van der Waals surface area contributed by atoms with Gasteiger partial charge < -0.3 is 10.1 Å². The molecule has 110 valence electrons. The van der Waals surface area contributed by atoms with Crippen LogP contribution in [0.3, 0.4) is 0 Å². The second kappa shape index (κ2) is 6.93. The molecule has 1 atom stereocenters. The van der Waals surface area contributed by atoms with Gasteiger partial charge in [0, 0.05) is 6.42 Å². The molecule has 2 rings (SSSR count). The van der Waals surface area contributed by atoms with Crippen LogP contribution in [0.4, 0.5) is 0 Å². The molecule has 0 aliphatic heterocycles. The number of hydrogen-bond donors (Lipinski definition) is 1. The molecule has 0 aromatic heterocycles. The third-order valence-corrected chi connectivity index (χ3v) is 3.52. The van der Waals surface area contributed by atoms with Gasteiger partial charge in [0.2, 0.25) is 5.91 Å². The smallest absolute Gasteiger partial charge is 0.220 e. The van der Waals surface area contributed by atoms with E-state index in [0.29, 0.717) is 12.8 Å². The number of amides is 1. The quantitative estimate of drug-likeness (QED) is 0.814. The minimum absolute atomic E-state index is 0.00573. The Morgan fingerprint density at radius 3 is 2.71 bits per heavy atom. The number of nitrogens with one attached hydrogen (secondary N) is 1. The summed E-state index contributed by atoms with van der Waals surface area (Å²) < 4.78 is 5.23. The largest absolute Gasteiger partial charge is 0.497 e. The Balaban J connectivity index is 2.14. The van der Waals surface area contributed by atoms with Gasteiger partial charge in [0.05, 0.1) is 13.2 Å². The summed E-state index contributed by atoms with van der Waals surface area (Å²) in [6.45, 7) is 5.62. The van der Waals surface area contributed by atoms with E-state index in [9.17, 15) is 4.79 Å². The molecular weight excluding hydrogens is 262 g/mol. The standard InChI is InChI=1S/C18H21NO2/c1-4-5-6-18(20)19-13(2)14-7-8-16-12-17(21-3)10-9-15(16)11-14/h4,7-13H,1,5-6H2,2-3H3,(H,19,20)/t13-/m0/s1. The number of fused-ring (bicyclic) bond motifs is 1. The summed E-state index contributed by atoms with van der Waals surface area (Å²) in [6.07, 6.45) is 2.95. The van der Waals surface area contributed by atoms with E-state index in [4.69, 9.17) is 4.74 Å². The maximum atomic E-state index is 11.8. The molecule has 1 N–H and O–H groups in total. The van der Waals surface area contributed by atoms with Gasteiger partial charge in [-0.2, -0.15) is 0 Å². The van der Waals surface area contributed by atoms with Gasteiger partial charge in [0.1, 0.15) is 5.75 Å². The molecule has 0 saturated carbocycles. The van der Waals surface area contributed by atoms with E-state index in [-0.39, 0.29) is 11.9 Å². The van der Waals surface area contributed by atoms with Gasteiger partial charge in [-0.3, -0.25) is 4.79 Å². The molecule has 1 amide bonds. The maximum absolute atomic E-state index is 11.8. The number of ether oxygens (including phenoxy) is 1. The van der Waals surface area contributed by atoms with Gasteiger partial charge in [-0.05, 0) is 47.9 Å². The molecule has 0 aliphatic carbocycles. The molecule has 2 aromatic carbocycles. The summed E-state index contributed by atoms with van der Waals surface area (Å²) in [6, 6.07) is 12.2. The second-order valence-corrected chi connectivity index (χ2v) is 5.09. The van der Waals surface area contributed by atoms with Crippen LogP contribution in [0.25, 0.3) is 10.8 Å². The van der Waals surface area contributed by atoms with Crippen molar-refractivity contribution in [2.24, 2.45) is 0 Å². The number of rotatable bonds is 6. The highest BCUT2D eigenvalue weighted by Gasteiger charge is 2.09. The van der Waals surface area contributed by atoms with E-state index in [1.54, 1.807) is 13.2 Å². The van der Waals surface area contributed by atoms with Crippen LogP contribution < -0.4 is 10.1 Å². The summed E-state index contributed by atoms with van der Waals surface area (Å²) in [5.74, 6) is 0.901. The Bertz CT molecular complexity index is 649. The zero-order chi connectivity index (χ0) is 15.2. The van der Waals surface area contributed by atoms with Crippen LogP contribution in [-0.2, 0) is 4.79 Å². The van der Waals surface area contributed by atoms with Crippen molar-refractivity contribution >= 4 is 16.7 Å². The fourth-order valence-electron chi connectivity index (χ4n) is 2.27. The van der Waals surface area contributed by atoms with E-state index in [1.807, 2.05) is 31.2 Å². The summed E-state index contributed by atoms with van der Waals surface area (Å²) in [5.41, 5.74) is 1.10. The number of allylic oxidation sites excluding steroid dienone is 1. The highest BCUT2D eigenvalue weighted by molar-refractivity contribution is 5.85. The molecule has 0 saturated heterocycles. The number of carbonyl (C=O) groups excluding carboxylic acids is 1. The van der Waals surface area contributed by atoms with Crippen LogP contribution in [-0.4, -0.2) is 13.0 Å². The molecule has 21 heavy (non-hydrogen) atoms. The minimum Gasteiger partial charge on any atom is -0.497 e. The molecule has 0 aliphatic rings. The molecular formula is C18H21NO2. The zero-order valence-electron chi connectivity index (χ0n) is 12.6. The number of hydrogen-bond acceptors (Lipinski definition) is 2. The Hall–Kier alpha value is -2.29. The lowest BCUT2D eigenvalue weighted by Crippen LogP contribution is -2.26. The first-order valence-electron chi connectivity index (χ1n) is 7.12. The number of methoxy groups -OCH3 is 1. The summed E-state index contributed by atoms with van der Waals surface area (Å²) >= 11 is 0. The number of carbonyl (C=O) groups is 1. The van der Waals surface area contributed by atoms with Crippen LogP contribution >= 0.6 is 0 Å². The summed E-state index contributed by atoms with van der Waals surface area (Å²) in [5, 5.41) is 5.27. The summed E-state index contributed by atoms with van der Waals surface area (Å²) in [4.78, 5) is 11.8. The van der Waals surface area contributed by atoms with Gasteiger partial charge in [0.25, 0.3) is 0 Å². The van der Waals surface area contributed by atoms with Crippen molar-refractivity contribution in [3.63, 3.8) is 0 Å². The van der Waals surface area contributed by atoms with Gasteiger partial charge in [0.15, 0.2) is 0 Å². The van der Waals surface area contributed by atoms with Crippen molar-refractivity contribution in [3.8, 4) is 5.75 Å². The van der Waals surface area contributed by atoms with Crippen molar-refractivity contribution in [2.75, 3.05) is 7.11 Å². The Morgan fingerprint density at radius 2 is 2.00 bits per heavy atom. The Labute approximate surface area is 125 Å². The van der Waals surface area contributed by atoms with E-state index in [0.717, 1.165) is 22.1 Å². The molecule has 2 aromatic rings. The van der Waals surface area contributed by atoms with Crippen LogP contribution in [0, 0.1) is 0 Å². The molecule has 3 heteroatoms. The van der Waals surface area contributed by atoms with Gasteiger partial charge >= 0.3 is 0 Å². The highest BCUT2D eigenvalue weighted by Crippen LogP contribution is 2.24. The second-order valence-electron chi connectivity index (χ2n) is 5.09. The first-order valence-corrected chi connectivity index (χ1v) is 7.12. The normalized spacial score (nSPS) is 11.9.